The predicted octanol–water partition coefficient (Wildman–Crippen LogP) is 4.54. The lowest BCUT2D eigenvalue weighted by molar-refractivity contribution is 0.255. The van der Waals surface area contributed by atoms with Crippen molar-refractivity contribution in [3.63, 3.8) is 0 Å². The quantitative estimate of drug-likeness (QED) is 0.0979. The molecule has 0 spiro atoms. The Bertz CT molecular complexity index is 1270. The number of benzene rings is 2. The number of hydrogen-bond acceptors (Lipinski definition) is 7. The molecule has 0 saturated heterocycles. The van der Waals surface area contributed by atoms with Crippen molar-refractivity contribution in [3.8, 4) is 0 Å². The minimum atomic E-state index is 0.620. The van der Waals surface area contributed by atoms with E-state index in [1.165, 1.54) is 11.1 Å². The van der Waals surface area contributed by atoms with Gasteiger partial charge in [0.2, 0.25) is 0 Å². The first-order chi connectivity index (χ1) is 18.7. The molecular weight excluding hydrogens is 472 g/mol. The number of aromatic nitrogens is 3. The van der Waals surface area contributed by atoms with Gasteiger partial charge in [-0.15, -0.1) is 0 Å². The molecule has 0 radical (unpaired) electrons. The first kappa shape index (κ1) is 28.0. The lowest BCUT2D eigenvalue weighted by atomic mass is 10.1. The number of hydrazine groups is 1. The monoisotopic (exact) mass is 516 g/mol. The van der Waals surface area contributed by atoms with Crippen molar-refractivity contribution in [3.05, 3.63) is 65.5 Å². The highest BCUT2D eigenvalue weighted by Crippen LogP contribution is 2.31. The van der Waals surface area contributed by atoms with Gasteiger partial charge in [-0.05, 0) is 75.5 Å². The average molecular weight is 517 g/mol. The molecule has 0 bridgehead atoms. The number of aryl methyl sites for hydroxylation is 1. The van der Waals surface area contributed by atoms with E-state index in [9.17, 15) is 0 Å². The molecule has 38 heavy (non-hydrogen) atoms. The number of nitrogens with two attached hydrogens (primary N) is 3. The summed E-state index contributed by atoms with van der Waals surface area (Å²) in [7, 11) is 0. The third-order valence-electron chi connectivity index (χ3n) is 7.18. The van der Waals surface area contributed by atoms with Gasteiger partial charge in [0, 0.05) is 24.9 Å². The Morgan fingerprint density at radius 2 is 1.53 bits per heavy atom. The number of nitrogens with zero attached hydrogens (tertiary/aromatic N) is 4. The molecule has 0 aliphatic heterocycles. The van der Waals surface area contributed by atoms with Crippen LogP contribution in [0.4, 0.5) is 5.82 Å². The van der Waals surface area contributed by atoms with E-state index in [0.717, 1.165) is 112 Å². The zero-order valence-electron chi connectivity index (χ0n) is 22.8. The number of para-hydroxylation sites is 1. The summed E-state index contributed by atoms with van der Waals surface area (Å²) in [4.78, 5) is 12.3. The van der Waals surface area contributed by atoms with Crippen molar-refractivity contribution in [2.75, 3.05) is 31.6 Å². The van der Waals surface area contributed by atoms with Gasteiger partial charge in [0.25, 0.3) is 0 Å². The summed E-state index contributed by atoms with van der Waals surface area (Å²) in [6, 6.07) is 17.3. The zero-order chi connectivity index (χ0) is 26.7. The van der Waals surface area contributed by atoms with E-state index in [1.807, 2.05) is 12.1 Å². The summed E-state index contributed by atoms with van der Waals surface area (Å²) in [5.74, 6) is 7.57. The third-order valence-corrected chi connectivity index (χ3v) is 7.18. The summed E-state index contributed by atoms with van der Waals surface area (Å²) in [5, 5.41) is 1.10. The number of nitrogens with one attached hydrogen (secondary N) is 1. The molecule has 204 valence electrons. The van der Waals surface area contributed by atoms with Gasteiger partial charge < -0.3 is 21.5 Å². The lowest BCUT2D eigenvalue weighted by Crippen LogP contribution is -2.26. The largest absolute Gasteiger partial charge is 0.330 e. The third kappa shape index (κ3) is 6.88. The standard InChI is InChI=1S/C30H44N8/c1-2-3-12-27-35-28-29(25-10-4-5-11-26(25)34-30(28)36-33)38(27)22-24-15-13-23(14-16-24)21-37(19-8-6-17-31)20-9-7-18-32/h4-5,10-11,13-16H,2-3,6-9,12,17-22,31-33H2,1H3,(H,34,36). The van der Waals surface area contributed by atoms with Gasteiger partial charge in [-0.3, -0.25) is 4.90 Å². The molecular formula is C30H44N8. The lowest BCUT2D eigenvalue weighted by Gasteiger charge is -2.22. The van der Waals surface area contributed by atoms with Crippen LogP contribution in [0, 0.1) is 0 Å². The highest BCUT2D eigenvalue weighted by Gasteiger charge is 2.18. The molecule has 2 aromatic heterocycles. The minimum Gasteiger partial charge on any atom is -0.330 e. The van der Waals surface area contributed by atoms with Crippen molar-refractivity contribution in [2.45, 2.75) is 65.0 Å². The second kappa shape index (κ2) is 14.2. The molecule has 0 amide bonds. The number of rotatable bonds is 16. The highest BCUT2D eigenvalue weighted by atomic mass is 15.3. The molecule has 8 nitrogen and oxygen atoms in total. The summed E-state index contributed by atoms with van der Waals surface area (Å²) in [6.45, 7) is 7.57. The minimum absolute atomic E-state index is 0.620. The number of unbranched alkanes of at least 4 members (excludes halogenated alkanes) is 3. The molecule has 0 atom stereocenters. The Morgan fingerprint density at radius 3 is 2.18 bits per heavy atom. The van der Waals surface area contributed by atoms with Crippen molar-refractivity contribution >= 4 is 27.8 Å². The fourth-order valence-electron chi connectivity index (χ4n) is 5.10. The van der Waals surface area contributed by atoms with E-state index in [4.69, 9.17) is 27.3 Å². The van der Waals surface area contributed by atoms with Gasteiger partial charge >= 0.3 is 0 Å². The fourth-order valence-corrected chi connectivity index (χ4v) is 5.10. The van der Waals surface area contributed by atoms with Crippen LogP contribution in [0.1, 0.15) is 62.4 Å². The van der Waals surface area contributed by atoms with E-state index in [1.54, 1.807) is 0 Å². The van der Waals surface area contributed by atoms with Gasteiger partial charge in [-0.2, -0.15) is 0 Å². The van der Waals surface area contributed by atoms with Crippen LogP contribution in [-0.2, 0) is 19.5 Å². The Morgan fingerprint density at radius 1 is 0.842 bits per heavy atom. The maximum atomic E-state index is 5.87. The van der Waals surface area contributed by atoms with Crippen molar-refractivity contribution in [1.29, 1.82) is 0 Å². The predicted molar refractivity (Wildman–Crippen MR) is 159 cm³/mol. The van der Waals surface area contributed by atoms with Gasteiger partial charge in [-0.1, -0.05) is 55.8 Å². The van der Waals surface area contributed by atoms with Crippen molar-refractivity contribution in [2.24, 2.45) is 17.3 Å². The van der Waals surface area contributed by atoms with Crippen LogP contribution in [0.2, 0.25) is 0 Å². The molecule has 0 aliphatic carbocycles. The van der Waals surface area contributed by atoms with Crippen LogP contribution >= 0.6 is 0 Å². The topological polar surface area (TPSA) is 124 Å². The highest BCUT2D eigenvalue weighted by molar-refractivity contribution is 6.07. The average Bonchev–Trinajstić information content (AvgIpc) is 3.30. The molecule has 2 aromatic carbocycles. The van der Waals surface area contributed by atoms with Gasteiger partial charge in [-0.25, -0.2) is 15.8 Å². The van der Waals surface area contributed by atoms with E-state index < -0.39 is 0 Å². The van der Waals surface area contributed by atoms with Crippen LogP contribution in [0.15, 0.2) is 48.5 Å². The Balaban J connectivity index is 1.60. The Hall–Kier alpha value is -3.04. The zero-order valence-corrected chi connectivity index (χ0v) is 22.8. The Labute approximate surface area is 226 Å². The number of pyridine rings is 1. The Kier molecular flexibility index (Phi) is 10.5. The first-order valence-corrected chi connectivity index (χ1v) is 14.1. The maximum absolute atomic E-state index is 5.87. The molecule has 0 saturated carbocycles. The fraction of sp³-hybridized carbons (Fsp3) is 0.467. The first-order valence-electron chi connectivity index (χ1n) is 14.1. The van der Waals surface area contributed by atoms with Crippen LogP contribution in [0.3, 0.4) is 0 Å². The van der Waals surface area contributed by atoms with Crippen LogP contribution in [0.25, 0.3) is 21.9 Å². The van der Waals surface area contributed by atoms with Crippen LogP contribution < -0.4 is 22.7 Å². The second-order valence-electron chi connectivity index (χ2n) is 10.1. The van der Waals surface area contributed by atoms with Crippen molar-refractivity contribution in [1.82, 2.24) is 19.4 Å². The molecule has 0 aliphatic rings. The molecule has 2 heterocycles. The number of nitrogen functional groups attached to an aromatic ring is 1. The van der Waals surface area contributed by atoms with Crippen LogP contribution in [-0.4, -0.2) is 45.6 Å². The van der Waals surface area contributed by atoms with Crippen LogP contribution in [0.5, 0.6) is 0 Å². The SMILES string of the molecule is CCCCc1nc2c(NN)nc3ccccc3c2n1Cc1ccc(CN(CCCCN)CCCCN)cc1. The normalized spacial score (nSPS) is 11.7. The smallest absolute Gasteiger partial charge is 0.168 e. The molecule has 4 aromatic rings. The summed E-state index contributed by atoms with van der Waals surface area (Å²) < 4.78 is 2.36. The van der Waals surface area contributed by atoms with Crippen molar-refractivity contribution < 1.29 is 0 Å². The number of anilines is 1. The summed E-state index contributed by atoms with van der Waals surface area (Å²) in [6.07, 6.45) is 7.52. The molecule has 7 N–H and O–H groups in total. The molecule has 0 unspecified atom stereocenters. The van der Waals surface area contributed by atoms with E-state index in [-0.39, 0.29) is 0 Å². The second-order valence-corrected chi connectivity index (χ2v) is 10.1. The molecule has 0 fully saturated rings. The molecule has 8 heteroatoms. The molecule has 4 rings (SSSR count). The maximum Gasteiger partial charge on any atom is 0.168 e. The van der Waals surface area contributed by atoms with Gasteiger partial charge in [0.1, 0.15) is 11.3 Å². The number of imidazole rings is 1. The number of hydrogen-bond donors (Lipinski definition) is 4. The number of fused-ring (bicyclic) bond motifs is 3. The summed E-state index contributed by atoms with van der Waals surface area (Å²) >= 11 is 0. The van der Waals surface area contributed by atoms with E-state index in [0.29, 0.717) is 5.82 Å². The van der Waals surface area contributed by atoms with Gasteiger partial charge in [0.15, 0.2) is 5.82 Å². The summed E-state index contributed by atoms with van der Waals surface area (Å²) in [5.41, 5.74) is 19.7. The van der Waals surface area contributed by atoms with E-state index in [2.05, 4.69) is 58.2 Å². The van der Waals surface area contributed by atoms with Gasteiger partial charge in [0.05, 0.1) is 11.0 Å². The van der Waals surface area contributed by atoms with E-state index >= 15 is 0 Å².